The summed E-state index contributed by atoms with van der Waals surface area (Å²) >= 11 is 1.79. The molecule has 1 aromatic rings. The van der Waals surface area contributed by atoms with Crippen LogP contribution in [0.15, 0.2) is 23.2 Å². The van der Waals surface area contributed by atoms with Gasteiger partial charge in [0, 0.05) is 37.7 Å². The van der Waals surface area contributed by atoms with Crippen molar-refractivity contribution in [2.45, 2.75) is 13.3 Å². The Labute approximate surface area is 201 Å². The van der Waals surface area contributed by atoms with Gasteiger partial charge in [0.25, 0.3) is 0 Å². The first kappa shape index (κ1) is 27.1. The number of methoxy groups -OCH3 is 2. The Kier molecular flexibility index (Phi) is 12.8. The van der Waals surface area contributed by atoms with Crippen LogP contribution >= 0.6 is 35.7 Å². The van der Waals surface area contributed by atoms with Crippen molar-refractivity contribution in [3.63, 3.8) is 0 Å². The van der Waals surface area contributed by atoms with Gasteiger partial charge in [0.2, 0.25) is 10.0 Å². The first-order chi connectivity index (χ1) is 14.0. The van der Waals surface area contributed by atoms with Gasteiger partial charge in [-0.15, -0.1) is 24.0 Å². The molecule has 0 aromatic heterocycles. The van der Waals surface area contributed by atoms with E-state index in [9.17, 15) is 8.42 Å². The van der Waals surface area contributed by atoms with Crippen molar-refractivity contribution in [3.05, 3.63) is 23.8 Å². The molecule has 1 heterocycles. The van der Waals surface area contributed by atoms with E-state index in [-0.39, 0.29) is 36.3 Å². The lowest BCUT2D eigenvalue weighted by atomic mass is 10.1. The number of halogens is 1. The molecule has 0 unspecified atom stereocenters. The summed E-state index contributed by atoms with van der Waals surface area (Å²) in [5.41, 5.74) is 1.11. The van der Waals surface area contributed by atoms with E-state index in [1.54, 1.807) is 30.3 Å². The molecule has 0 aliphatic carbocycles. The molecule has 1 aliphatic heterocycles. The van der Waals surface area contributed by atoms with E-state index in [1.165, 1.54) is 0 Å². The van der Waals surface area contributed by atoms with Crippen molar-refractivity contribution >= 4 is 51.7 Å². The van der Waals surface area contributed by atoms with Crippen molar-refractivity contribution in [2.75, 3.05) is 64.2 Å². The summed E-state index contributed by atoms with van der Waals surface area (Å²) in [6.07, 6.45) is 0.772. The number of nitrogens with one attached hydrogen (secondary N) is 2. The standard InChI is InChI=1S/C19H32N4O4S2.HI/c1-4-20-19(22-9-14-29(24,25)23-10-12-28-13-11-23)21-8-7-16-5-6-17(26-2)18(15-16)27-3;/h5-6,15H,4,7-14H2,1-3H3,(H2,20,21,22);1H. The minimum Gasteiger partial charge on any atom is -0.493 e. The average molecular weight is 573 g/mol. The van der Waals surface area contributed by atoms with Crippen LogP contribution in [0.3, 0.4) is 0 Å². The number of nitrogens with zero attached hydrogens (tertiary/aromatic N) is 2. The maximum Gasteiger partial charge on any atom is 0.215 e. The maximum atomic E-state index is 12.4. The highest BCUT2D eigenvalue weighted by atomic mass is 127. The Morgan fingerprint density at radius 3 is 2.50 bits per heavy atom. The molecule has 0 saturated carbocycles. The zero-order chi connectivity index (χ0) is 21.1. The van der Waals surface area contributed by atoms with Crippen LogP contribution < -0.4 is 20.1 Å². The monoisotopic (exact) mass is 572 g/mol. The third-order valence-corrected chi connectivity index (χ3v) is 7.27. The predicted molar refractivity (Wildman–Crippen MR) is 135 cm³/mol. The largest absolute Gasteiger partial charge is 0.493 e. The number of ether oxygens (including phenoxy) is 2. The number of hydrogen-bond acceptors (Lipinski definition) is 6. The topological polar surface area (TPSA) is 92.3 Å². The van der Waals surface area contributed by atoms with Gasteiger partial charge < -0.3 is 20.1 Å². The lowest BCUT2D eigenvalue weighted by molar-refractivity contribution is 0.354. The average Bonchev–Trinajstić information content (AvgIpc) is 2.74. The van der Waals surface area contributed by atoms with E-state index >= 15 is 0 Å². The zero-order valence-corrected chi connectivity index (χ0v) is 21.8. The first-order valence-corrected chi connectivity index (χ1v) is 12.5. The fourth-order valence-electron chi connectivity index (χ4n) is 2.93. The van der Waals surface area contributed by atoms with Gasteiger partial charge in [-0.1, -0.05) is 6.07 Å². The summed E-state index contributed by atoms with van der Waals surface area (Å²) in [4.78, 5) is 4.42. The molecular weight excluding hydrogens is 539 g/mol. The molecule has 1 fully saturated rings. The molecule has 0 atom stereocenters. The quantitative estimate of drug-likeness (QED) is 0.251. The Morgan fingerprint density at radius 1 is 1.17 bits per heavy atom. The minimum absolute atomic E-state index is 0. The van der Waals surface area contributed by atoms with Gasteiger partial charge in [-0.2, -0.15) is 11.8 Å². The van der Waals surface area contributed by atoms with Gasteiger partial charge in [-0.05, 0) is 31.0 Å². The molecular formula is C19H33IN4O4S2. The molecule has 2 rings (SSSR count). The second kappa shape index (κ2) is 14.2. The van der Waals surface area contributed by atoms with Crippen molar-refractivity contribution in [1.82, 2.24) is 14.9 Å². The van der Waals surface area contributed by atoms with Crippen LogP contribution in [0.4, 0.5) is 0 Å². The first-order valence-electron chi connectivity index (χ1n) is 9.78. The number of thioether (sulfide) groups is 1. The molecule has 172 valence electrons. The Balaban J connectivity index is 0.00000450. The highest BCUT2D eigenvalue weighted by molar-refractivity contribution is 14.0. The molecule has 1 saturated heterocycles. The van der Waals surface area contributed by atoms with Crippen LogP contribution in [-0.4, -0.2) is 82.9 Å². The van der Waals surface area contributed by atoms with Gasteiger partial charge in [0.1, 0.15) is 0 Å². The second-order valence-electron chi connectivity index (χ2n) is 6.45. The summed E-state index contributed by atoms with van der Waals surface area (Å²) in [5, 5.41) is 6.41. The van der Waals surface area contributed by atoms with E-state index in [4.69, 9.17) is 9.47 Å². The molecule has 0 amide bonds. The predicted octanol–water partition coefficient (Wildman–Crippen LogP) is 1.80. The highest BCUT2D eigenvalue weighted by Crippen LogP contribution is 2.27. The third kappa shape index (κ3) is 8.67. The fraction of sp³-hybridized carbons (Fsp3) is 0.632. The molecule has 30 heavy (non-hydrogen) atoms. The lowest BCUT2D eigenvalue weighted by Crippen LogP contribution is -2.41. The van der Waals surface area contributed by atoms with Crippen molar-refractivity contribution in [3.8, 4) is 11.5 Å². The smallest absolute Gasteiger partial charge is 0.215 e. The molecule has 0 spiro atoms. The van der Waals surface area contributed by atoms with Crippen LogP contribution in [-0.2, 0) is 16.4 Å². The lowest BCUT2D eigenvalue weighted by Gasteiger charge is -2.25. The number of hydrogen-bond donors (Lipinski definition) is 2. The summed E-state index contributed by atoms with van der Waals surface area (Å²) in [6, 6.07) is 5.84. The molecule has 2 N–H and O–H groups in total. The fourth-order valence-corrected chi connectivity index (χ4v) is 5.38. The Bertz CT molecular complexity index is 772. The molecule has 1 aliphatic rings. The number of rotatable bonds is 10. The molecule has 11 heteroatoms. The Hall–Kier alpha value is -0.920. The summed E-state index contributed by atoms with van der Waals surface area (Å²) < 4.78 is 37.0. The van der Waals surface area contributed by atoms with Crippen LogP contribution in [0.5, 0.6) is 11.5 Å². The van der Waals surface area contributed by atoms with Crippen LogP contribution in [0.2, 0.25) is 0 Å². The summed E-state index contributed by atoms with van der Waals surface area (Å²) in [7, 11) is -0.00874. The van der Waals surface area contributed by atoms with Gasteiger partial charge >= 0.3 is 0 Å². The summed E-state index contributed by atoms with van der Waals surface area (Å²) in [6.45, 7) is 4.78. The molecule has 0 radical (unpaired) electrons. The molecule has 0 bridgehead atoms. The van der Waals surface area contributed by atoms with Crippen molar-refractivity contribution in [2.24, 2.45) is 4.99 Å². The maximum absolute atomic E-state index is 12.4. The van der Waals surface area contributed by atoms with Crippen LogP contribution in [0.25, 0.3) is 0 Å². The SMILES string of the molecule is CCNC(=NCCS(=O)(=O)N1CCSCC1)NCCc1ccc(OC)c(OC)c1.I. The van der Waals surface area contributed by atoms with Gasteiger partial charge in [-0.25, -0.2) is 12.7 Å². The normalized spacial score (nSPS) is 15.2. The van der Waals surface area contributed by atoms with Crippen LogP contribution in [0.1, 0.15) is 12.5 Å². The number of sulfonamides is 1. The van der Waals surface area contributed by atoms with Crippen molar-refractivity contribution in [1.29, 1.82) is 0 Å². The van der Waals surface area contributed by atoms with Gasteiger partial charge in [0.05, 0.1) is 26.5 Å². The van der Waals surface area contributed by atoms with Gasteiger partial charge in [0.15, 0.2) is 17.5 Å². The van der Waals surface area contributed by atoms with E-state index in [0.29, 0.717) is 43.6 Å². The number of guanidine groups is 1. The number of aliphatic imine (C=N–C) groups is 1. The molecule has 8 nitrogen and oxygen atoms in total. The van der Waals surface area contributed by atoms with E-state index < -0.39 is 10.0 Å². The van der Waals surface area contributed by atoms with E-state index in [2.05, 4.69) is 15.6 Å². The zero-order valence-electron chi connectivity index (χ0n) is 17.8. The number of benzene rings is 1. The minimum atomic E-state index is -3.24. The van der Waals surface area contributed by atoms with E-state index in [1.807, 2.05) is 25.1 Å². The van der Waals surface area contributed by atoms with Crippen LogP contribution in [0, 0.1) is 0 Å². The molecule has 1 aromatic carbocycles. The third-order valence-electron chi connectivity index (χ3n) is 4.48. The highest BCUT2D eigenvalue weighted by Gasteiger charge is 2.23. The van der Waals surface area contributed by atoms with Gasteiger partial charge in [-0.3, -0.25) is 4.99 Å². The Morgan fingerprint density at radius 2 is 1.87 bits per heavy atom. The summed E-state index contributed by atoms with van der Waals surface area (Å²) in [5.74, 6) is 3.78. The van der Waals surface area contributed by atoms with Crippen molar-refractivity contribution < 1.29 is 17.9 Å². The second-order valence-corrected chi connectivity index (χ2v) is 9.77. The van der Waals surface area contributed by atoms with E-state index in [0.717, 1.165) is 23.5 Å².